The van der Waals surface area contributed by atoms with Crippen molar-refractivity contribution in [1.82, 2.24) is 9.97 Å². The Morgan fingerprint density at radius 2 is 2.19 bits per heavy atom. The molecule has 1 heterocycles. The van der Waals surface area contributed by atoms with Gasteiger partial charge in [0.15, 0.2) is 11.6 Å². The normalized spacial score (nSPS) is 10.4. The number of aryl methyl sites for hydroxylation is 1. The lowest BCUT2D eigenvalue weighted by Gasteiger charge is -2.07. The number of rotatable bonds is 4. The largest absolute Gasteiger partial charge is 0.494 e. The molecule has 2 aromatic rings. The van der Waals surface area contributed by atoms with Gasteiger partial charge >= 0.3 is 5.97 Å². The standard InChI is InChI=1S/C14H13FN2O4/c1-7-9(6-12(18)19)14(20)17-13(16-7)8-3-4-11(21-2)10(15)5-8/h3-5H,6H2,1-2H3,(H,18,19)(H,16,17,20). The fraction of sp³-hybridized carbons (Fsp3) is 0.214. The van der Waals surface area contributed by atoms with Crippen molar-refractivity contribution in [2.75, 3.05) is 7.11 Å². The van der Waals surface area contributed by atoms with Crippen LogP contribution in [0.3, 0.4) is 0 Å². The molecule has 0 saturated heterocycles. The number of carboxylic acids is 1. The molecule has 2 N–H and O–H groups in total. The highest BCUT2D eigenvalue weighted by atomic mass is 19.1. The van der Waals surface area contributed by atoms with Crippen LogP contribution in [0.1, 0.15) is 11.3 Å². The van der Waals surface area contributed by atoms with Crippen LogP contribution in [-0.2, 0) is 11.2 Å². The highest BCUT2D eigenvalue weighted by molar-refractivity contribution is 5.70. The lowest BCUT2D eigenvalue weighted by Crippen LogP contribution is -2.20. The zero-order valence-corrected chi connectivity index (χ0v) is 11.4. The van der Waals surface area contributed by atoms with E-state index in [9.17, 15) is 14.0 Å². The topological polar surface area (TPSA) is 92.3 Å². The minimum Gasteiger partial charge on any atom is -0.494 e. The average Bonchev–Trinajstić information content (AvgIpc) is 2.42. The molecule has 1 aromatic heterocycles. The Bertz CT molecular complexity index is 755. The Kier molecular flexibility index (Phi) is 4.02. The SMILES string of the molecule is COc1ccc(-c2nc(C)c(CC(=O)O)c(=O)[nH]2)cc1F. The summed E-state index contributed by atoms with van der Waals surface area (Å²) in [6.45, 7) is 1.54. The van der Waals surface area contributed by atoms with Gasteiger partial charge in [0, 0.05) is 16.8 Å². The van der Waals surface area contributed by atoms with Gasteiger partial charge in [0.25, 0.3) is 5.56 Å². The lowest BCUT2D eigenvalue weighted by molar-refractivity contribution is -0.136. The van der Waals surface area contributed by atoms with Gasteiger partial charge in [0.1, 0.15) is 5.82 Å². The van der Waals surface area contributed by atoms with E-state index in [1.165, 1.54) is 26.2 Å². The van der Waals surface area contributed by atoms with Crippen molar-refractivity contribution < 1.29 is 19.0 Å². The summed E-state index contributed by atoms with van der Waals surface area (Å²) in [5.41, 5.74) is 0.208. The fourth-order valence-corrected chi connectivity index (χ4v) is 1.92. The maximum absolute atomic E-state index is 13.7. The number of nitrogens with zero attached hydrogens (tertiary/aromatic N) is 1. The molecular weight excluding hydrogens is 279 g/mol. The number of aromatic amines is 1. The molecule has 0 radical (unpaired) electrons. The molecule has 1 aromatic carbocycles. The van der Waals surface area contributed by atoms with Crippen molar-refractivity contribution in [2.45, 2.75) is 13.3 Å². The van der Waals surface area contributed by atoms with Gasteiger partial charge in [-0.05, 0) is 25.1 Å². The molecule has 0 unspecified atom stereocenters. The summed E-state index contributed by atoms with van der Waals surface area (Å²) >= 11 is 0. The second kappa shape index (κ2) is 5.74. The molecule has 110 valence electrons. The third-order valence-electron chi connectivity index (χ3n) is 2.98. The Balaban J connectivity index is 2.49. The Labute approximate surface area is 119 Å². The number of carbonyl (C=O) groups is 1. The zero-order valence-electron chi connectivity index (χ0n) is 11.4. The van der Waals surface area contributed by atoms with E-state index in [0.717, 1.165) is 0 Å². The van der Waals surface area contributed by atoms with Gasteiger partial charge in [-0.1, -0.05) is 0 Å². The summed E-state index contributed by atoms with van der Waals surface area (Å²) in [6, 6.07) is 4.16. The van der Waals surface area contributed by atoms with Crippen molar-refractivity contribution >= 4 is 5.97 Å². The van der Waals surface area contributed by atoms with E-state index < -0.39 is 23.8 Å². The third kappa shape index (κ3) is 3.07. The average molecular weight is 292 g/mol. The molecule has 0 spiro atoms. The first-order valence-corrected chi connectivity index (χ1v) is 6.08. The second-order valence-electron chi connectivity index (χ2n) is 4.40. The maximum Gasteiger partial charge on any atom is 0.308 e. The summed E-state index contributed by atoms with van der Waals surface area (Å²) in [6.07, 6.45) is -0.411. The van der Waals surface area contributed by atoms with Gasteiger partial charge in [-0.15, -0.1) is 0 Å². The second-order valence-corrected chi connectivity index (χ2v) is 4.40. The van der Waals surface area contributed by atoms with Crippen LogP contribution in [-0.4, -0.2) is 28.2 Å². The lowest BCUT2D eigenvalue weighted by atomic mass is 10.1. The molecule has 21 heavy (non-hydrogen) atoms. The molecule has 0 aliphatic rings. The van der Waals surface area contributed by atoms with Gasteiger partial charge < -0.3 is 14.8 Å². The highest BCUT2D eigenvalue weighted by Gasteiger charge is 2.13. The molecule has 0 saturated carbocycles. The Morgan fingerprint density at radius 3 is 2.71 bits per heavy atom. The highest BCUT2D eigenvalue weighted by Crippen LogP contribution is 2.23. The number of carboxylic acid groups (broad SMARTS) is 1. The smallest absolute Gasteiger partial charge is 0.308 e. The van der Waals surface area contributed by atoms with Crippen LogP contribution in [0, 0.1) is 12.7 Å². The van der Waals surface area contributed by atoms with Crippen LogP contribution in [0.25, 0.3) is 11.4 Å². The monoisotopic (exact) mass is 292 g/mol. The minimum atomic E-state index is -1.12. The summed E-state index contributed by atoms with van der Waals surface area (Å²) in [5, 5.41) is 8.75. The molecular formula is C14H13FN2O4. The molecule has 2 rings (SSSR count). The number of aromatic nitrogens is 2. The van der Waals surface area contributed by atoms with Gasteiger partial charge in [0.2, 0.25) is 0 Å². The van der Waals surface area contributed by atoms with Gasteiger partial charge in [-0.25, -0.2) is 9.37 Å². The van der Waals surface area contributed by atoms with Crippen molar-refractivity contribution in [1.29, 1.82) is 0 Å². The van der Waals surface area contributed by atoms with Crippen LogP contribution in [0.15, 0.2) is 23.0 Å². The minimum absolute atomic E-state index is 0.0835. The van der Waals surface area contributed by atoms with E-state index in [1.807, 2.05) is 0 Å². The molecule has 0 aliphatic carbocycles. The number of nitrogens with one attached hydrogen (secondary N) is 1. The molecule has 0 atom stereocenters. The van der Waals surface area contributed by atoms with Gasteiger partial charge in [-0.2, -0.15) is 0 Å². The molecule has 0 bridgehead atoms. The fourth-order valence-electron chi connectivity index (χ4n) is 1.92. The molecule has 0 fully saturated rings. The first-order chi connectivity index (χ1) is 9.92. The number of methoxy groups -OCH3 is 1. The molecule has 7 heteroatoms. The van der Waals surface area contributed by atoms with E-state index in [0.29, 0.717) is 11.3 Å². The Morgan fingerprint density at radius 1 is 1.48 bits per heavy atom. The van der Waals surface area contributed by atoms with E-state index in [-0.39, 0.29) is 17.1 Å². The number of aliphatic carboxylic acids is 1. The van der Waals surface area contributed by atoms with Crippen molar-refractivity contribution in [3.8, 4) is 17.1 Å². The van der Waals surface area contributed by atoms with E-state index in [2.05, 4.69) is 9.97 Å². The van der Waals surface area contributed by atoms with E-state index >= 15 is 0 Å². The van der Waals surface area contributed by atoms with Crippen molar-refractivity contribution in [3.05, 3.63) is 45.6 Å². The van der Waals surface area contributed by atoms with Gasteiger partial charge in [0.05, 0.1) is 13.5 Å². The predicted molar refractivity (Wildman–Crippen MR) is 72.9 cm³/mol. The zero-order chi connectivity index (χ0) is 15.6. The van der Waals surface area contributed by atoms with E-state index in [1.54, 1.807) is 6.07 Å². The van der Waals surface area contributed by atoms with Crippen LogP contribution >= 0.6 is 0 Å². The van der Waals surface area contributed by atoms with Gasteiger partial charge in [-0.3, -0.25) is 9.59 Å². The van der Waals surface area contributed by atoms with Crippen LogP contribution in [0.4, 0.5) is 4.39 Å². The summed E-state index contributed by atoms with van der Waals surface area (Å²) in [4.78, 5) is 29.2. The number of ether oxygens (including phenoxy) is 1. The molecule has 0 aliphatic heterocycles. The summed E-state index contributed by atoms with van der Waals surface area (Å²) in [7, 11) is 1.35. The predicted octanol–water partition coefficient (Wildman–Crippen LogP) is 1.52. The summed E-state index contributed by atoms with van der Waals surface area (Å²) in [5.74, 6) is -1.44. The number of hydrogen-bond donors (Lipinski definition) is 2. The maximum atomic E-state index is 13.7. The number of hydrogen-bond acceptors (Lipinski definition) is 4. The van der Waals surface area contributed by atoms with E-state index in [4.69, 9.17) is 9.84 Å². The Hall–Kier alpha value is -2.70. The number of benzene rings is 1. The van der Waals surface area contributed by atoms with Crippen LogP contribution in [0.5, 0.6) is 5.75 Å². The quantitative estimate of drug-likeness (QED) is 0.891. The third-order valence-corrected chi connectivity index (χ3v) is 2.98. The first-order valence-electron chi connectivity index (χ1n) is 6.08. The van der Waals surface area contributed by atoms with Crippen LogP contribution < -0.4 is 10.3 Å². The van der Waals surface area contributed by atoms with Crippen molar-refractivity contribution in [2.24, 2.45) is 0 Å². The number of H-pyrrole nitrogens is 1. The van der Waals surface area contributed by atoms with Crippen LogP contribution in [0.2, 0.25) is 0 Å². The summed E-state index contributed by atoms with van der Waals surface area (Å²) < 4.78 is 18.5. The van der Waals surface area contributed by atoms with Crippen molar-refractivity contribution in [3.63, 3.8) is 0 Å². The number of halogens is 1. The molecule has 6 nitrogen and oxygen atoms in total. The first kappa shape index (κ1) is 14.7. The molecule has 0 amide bonds.